The minimum Gasteiger partial charge on any atom is -0.383 e. The molecular formula is C14H23BrN2O. The van der Waals surface area contributed by atoms with Crippen molar-refractivity contribution in [1.82, 2.24) is 10.2 Å². The number of aryl methyl sites for hydroxylation is 1. The number of hydrogen-bond acceptors (Lipinski definition) is 3. The summed E-state index contributed by atoms with van der Waals surface area (Å²) in [4.78, 5) is 2.32. The average Bonchev–Trinajstić information content (AvgIpc) is 2.34. The van der Waals surface area contributed by atoms with Crippen LogP contribution in [-0.4, -0.2) is 45.3 Å². The Hall–Kier alpha value is -0.420. The second kappa shape index (κ2) is 8.64. The summed E-state index contributed by atoms with van der Waals surface area (Å²) in [5, 5.41) is 3.35. The molecule has 1 rings (SSSR count). The molecule has 0 saturated heterocycles. The summed E-state index contributed by atoms with van der Waals surface area (Å²) in [5.74, 6) is 0. The second-order valence-electron chi connectivity index (χ2n) is 4.56. The molecule has 102 valence electrons. The third kappa shape index (κ3) is 5.96. The van der Waals surface area contributed by atoms with E-state index in [1.54, 1.807) is 7.11 Å². The van der Waals surface area contributed by atoms with Crippen LogP contribution in [-0.2, 0) is 11.3 Å². The summed E-state index contributed by atoms with van der Waals surface area (Å²) in [6.07, 6.45) is 0. The zero-order chi connectivity index (χ0) is 13.4. The first kappa shape index (κ1) is 15.6. The molecule has 4 heteroatoms. The highest BCUT2D eigenvalue weighted by atomic mass is 79.9. The molecule has 1 N–H and O–H groups in total. The standard InChI is InChI=1S/C14H23BrN2O/c1-12-4-5-13(10-14(12)15)11-17(2)8-6-16-7-9-18-3/h4-5,10,16H,6-9,11H2,1-3H3. The summed E-state index contributed by atoms with van der Waals surface area (Å²) in [6.45, 7) is 6.80. The van der Waals surface area contributed by atoms with Crippen molar-refractivity contribution >= 4 is 15.9 Å². The highest BCUT2D eigenvalue weighted by molar-refractivity contribution is 9.10. The minimum absolute atomic E-state index is 0.772. The molecule has 0 aliphatic heterocycles. The number of benzene rings is 1. The summed E-state index contributed by atoms with van der Waals surface area (Å²) >= 11 is 3.57. The molecule has 0 radical (unpaired) electrons. The van der Waals surface area contributed by atoms with Crippen LogP contribution in [0.5, 0.6) is 0 Å². The van der Waals surface area contributed by atoms with Gasteiger partial charge in [0.15, 0.2) is 0 Å². The van der Waals surface area contributed by atoms with E-state index in [1.165, 1.54) is 15.6 Å². The SMILES string of the molecule is COCCNCCN(C)Cc1ccc(C)c(Br)c1. The third-order valence-electron chi connectivity index (χ3n) is 2.84. The van der Waals surface area contributed by atoms with Crippen LogP contribution in [0.25, 0.3) is 0 Å². The van der Waals surface area contributed by atoms with Crippen molar-refractivity contribution in [3.8, 4) is 0 Å². The lowest BCUT2D eigenvalue weighted by Crippen LogP contribution is -2.30. The third-order valence-corrected chi connectivity index (χ3v) is 3.70. The number of ether oxygens (including phenoxy) is 1. The van der Waals surface area contributed by atoms with Crippen LogP contribution in [0, 0.1) is 6.92 Å². The van der Waals surface area contributed by atoms with E-state index in [9.17, 15) is 0 Å². The molecule has 0 aliphatic carbocycles. The van der Waals surface area contributed by atoms with Crippen molar-refractivity contribution < 1.29 is 4.74 Å². The van der Waals surface area contributed by atoms with Crippen LogP contribution < -0.4 is 5.32 Å². The Morgan fingerprint density at radius 2 is 2.11 bits per heavy atom. The number of methoxy groups -OCH3 is 1. The fourth-order valence-corrected chi connectivity index (χ4v) is 2.12. The Morgan fingerprint density at radius 3 is 2.78 bits per heavy atom. The Bertz CT molecular complexity index is 358. The van der Waals surface area contributed by atoms with Crippen LogP contribution >= 0.6 is 15.9 Å². The number of rotatable bonds is 8. The van der Waals surface area contributed by atoms with Crippen LogP contribution in [0.2, 0.25) is 0 Å². The molecule has 0 heterocycles. The second-order valence-corrected chi connectivity index (χ2v) is 5.42. The van der Waals surface area contributed by atoms with Crippen molar-refractivity contribution in [2.45, 2.75) is 13.5 Å². The Kier molecular flexibility index (Phi) is 7.51. The zero-order valence-electron chi connectivity index (χ0n) is 11.5. The van der Waals surface area contributed by atoms with Gasteiger partial charge in [-0.2, -0.15) is 0 Å². The molecule has 0 unspecified atom stereocenters. The maximum atomic E-state index is 4.99. The van der Waals surface area contributed by atoms with Crippen molar-refractivity contribution in [1.29, 1.82) is 0 Å². The van der Waals surface area contributed by atoms with Crippen LogP contribution in [0.3, 0.4) is 0 Å². The van der Waals surface area contributed by atoms with Crippen LogP contribution in [0.4, 0.5) is 0 Å². The first-order valence-corrected chi connectivity index (χ1v) is 7.06. The normalized spacial score (nSPS) is 11.2. The van der Waals surface area contributed by atoms with Crippen molar-refractivity contribution in [3.05, 3.63) is 33.8 Å². The molecule has 0 bridgehead atoms. The number of halogens is 1. The molecule has 1 aromatic rings. The first-order valence-electron chi connectivity index (χ1n) is 6.26. The first-order chi connectivity index (χ1) is 8.63. The lowest BCUT2D eigenvalue weighted by Gasteiger charge is -2.17. The van der Waals surface area contributed by atoms with E-state index < -0.39 is 0 Å². The van der Waals surface area contributed by atoms with E-state index in [0.717, 1.165) is 32.8 Å². The highest BCUT2D eigenvalue weighted by Gasteiger charge is 2.02. The molecular weight excluding hydrogens is 292 g/mol. The van der Waals surface area contributed by atoms with E-state index in [4.69, 9.17) is 4.74 Å². The summed E-state index contributed by atoms with van der Waals surface area (Å²) in [7, 11) is 3.87. The fraction of sp³-hybridized carbons (Fsp3) is 0.571. The lowest BCUT2D eigenvalue weighted by molar-refractivity contribution is 0.197. The van der Waals surface area contributed by atoms with Crippen molar-refractivity contribution in [2.24, 2.45) is 0 Å². The maximum absolute atomic E-state index is 4.99. The monoisotopic (exact) mass is 314 g/mol. The van der Waals surface area contributed by atoms with Gasteiger partial charge in [0.05, 0.1) is 6.61 Å². The number of nitrogens with zero attached hydrogens (tertiary/aromatic N) is 1. The van der Waals surface area contributed by atoms with Gasteiger partial charge in [-0.05, 0) is 31.2 Å². The molecule has 0 spiro atoms. The van der Waals surface area contributed by atoms with Gasteiger partial charge >= 0.3 is 0 Å². The van der Waals surface area contributed by atoms with Gasteiger partial charge < -0.3 is 15.0 Å². The minimum atomic E-state index is 0.772. The molecule has 1 aromatic carbocycles. The summed E-state index contributed by atoms with van der Waals surface area (Å²) in [6, 6.07) is 6.54. The van der Waals surface area contributed by atoms with Gasteiger partial charge in [0.1, 0.15) is 0 Å². The zero-order valence-corrected chi connectivity index (χ0v) is 13.1. The Balaban J connectivity index is 2.26. The molecule has 0 amide bonds. The van der Waals surface area contributed by atoms with Crippen molar-refractivity contribution in [3.63, 3.8) is 0 Å². The predicted molar refractivity (Wildman–Crippen MR) is 80.0 cm³/mol. The van der Waals surface area contributed by atoms with E-state index in [-0.39, 0.29) is 0 Å². The average molecular weight is 315 g/mol. The number of likely N-dealkylation sites (N-methyl/N-ethyl adjacent to an activating group) is 1. The van der Waals surface area contributed by atoms with Gasteiger partial charge in [-0.3, -0.25) is 0 Å². The van der Waals surface area contributed by atoms with E-state index in [0.29, 0.717) is 0 Å². The molecule has 0 aromatic heterocycles. The largest absolute Gasteiger partial charge is 0.383 e. The van der Waals surface area contributed by atoms with Gasteiger partial charge in [0, 0.05) is 37.8 Å². The summed E-state index contributed by atoms with van der Waals surface area (Å²) < 4.78 is 6.17. The topological polar surface area (TPSA) is 24.5 Å². The number of hydrogen-bond donors (Lipinski definition) is 1. The van der Waals surface area contributed by atoms with Gasteiger partial charge in [0.2, 0.25) is 0 Å². The Labute approximate surface area is 119 Å². The quantitative estimate of drug-likeness (QED) is 0.746. The highest BCUT2D eigenvalue weighted by Crippen LogP contribution is 2.18. The van der Waals surface area contributed by atoms with Crippen LogP contribution in [0.1, 0.15) is 11.1 Å². The number of nitrogens with one attached hydrogen (secondary N) is 1. The molecule has 0 aliphatic rings. The van der Waals surface area contributed by atoms with Gasteiger partial charge in [-0.15, -0.1) is 0 Å². The van der Waals surface area contributed by atoms with Gasteiger partial charge in [-0.1, -0.05) is 28.1 Å². The molecule has 3 nitrogen and oxygen atoms in total. The van der Waals surface area contributed by atoms with E-state index >= 15 is 0 Å². The van der Waals surface area contributed by atoms with Gasteiger partial charge in [0.25, 0.3) is 0 Å². The fourth-order valence-electron chi connectivity index (χ4n) is 1.69. The molecule has 18 heavy (non-hydrogen) atoms. The molecule has 0 atom stereocenters. The summed E-state index contributed by atoms with van der Waals surface area (Å²) in [5.41, 5.74) is 2.62. The van der Waals surface area contributed by atoms with E-state index in [1.807, 2.05) is 0 Å². The predicted octanol–water partition coefficient (Wildman–Crippen LogP) is 2.43. The van der Waals surface area contributed by atoms with E-state index in [2.05, 4.69) is 58.3 Å². The Morgan fingerprint density at radius 1 is 1.33 bits per heavy atom. The smallest absolute Gasteiger partial charge is 0.0587 e. The van der Waals surface area contributed by atoms with Crippen molar-refractivity contribution in [2.75, 3.05) is 40.4 Å². The molecule has 0 fully saturated rings. The van der Waals surface area contributed by atoms with Crippen LogP contribution in [0.15, 0.2) is 22.7 Å². The van der Waals surface area contributed by atoms with Gasteiger partial charge in [-0.25, -0.2) is 0 Å². The lowest BCUT2D eigenvalue weighted by atomic mass is 10.1. The maximum Gasteiger partial charge on any atom is 0.0587 e. The molecule has 0 saturated carbocycles.